The lowest BCUT2D eigenvalue weighted by atomic mass is 9.90. The normalized spacial score (nSPS) is 28.5. The van der Waals surface area contributed by atoms with Crippen LogP contribution in [0.3, 0.4) is 0 Å². The number of rotatable bonds is 1. The summed E-state index contributed by atoms with van der Waals surface area (Å²) in [5.41, 5.74) is 2.66. The molecule has 0 bridgehead atoms. The molecule has 2 nitrogen and oxygen atoms in total. The molecule has 2 aliphatic rings. The van der Waals surface area contributed by atoms with Crippen LogP contribution in [-0.4, -0.2) is 12.1 Å². The average Bonchev–Trinajstić information content (AvgIpc) is 2.39. The Labute approximate surface area is 103 Å². The van der Waals surface area contributed by atoms with Crippen LogP contribution in [0, 0.1) is 0 Å². The van der Waals surface area contributed by atoms with Crippen molar-refractivity contribution in [1.82, 2.24) is 0 Å². The molecule has 0 aromatic heterocycles. The molecule has 1 aromatic rings. The number of anilines is 1. The number of para-hydroxylation sites is 1. The fourth-order valence-corrected chi connectivity index (χ4v) is 2.80. The monoisotopic (exact) mass is 229 g/mol. The second-order valence-corrected chi connectivity index (χ2v) is 4.98. The summed E-state index contributed by atoms with van der Waals surface area (Å²) in [5, 5.41) is 2.06. The van der Waals surface area contributed by atoms with Gasteiger partial charge in [0.25, 0.3) is 0 Å². The molecule has 0 saturated heterocycles. The van der Waals surface area contributed by atoms with Crippen molar-refractivity contribution in [2.45, 2.75) is 44.8 Å². The van der Waals surface area contributed by atoms with Crippen molar-refractivity contribution in [3.63, 3.8) is 0 Å². The zero-order valence-electron chi connectivity index (χ0n) is 10.3. The topological polar surface area (TPSA) is 12.5 Å². The summed E-state index contributed by atoms with van der Waals surface area (Å²) in [6.07, 6.45) is 7.71. The van der Waals surface area contributed by atoms with Crippen LogP contribution in [0.1, 0.15) is 32.6 Å². The van der Waals surface area contributed by atoms with E-state index >= 15 is 0 Å². The van der Waals surface area contributed by atoms with Gasteiger partial charge in [0.2, 0.25) is 0 Å². The third kappa shape index (κ3) is 2.09. The largest absolute Gasteiger partial charge is 0.265 e. The van der Waals surface area contributed by atoms with Crippen LogP contribution in [-0.2, 0) is 4.84 Å². The number of benzene rings is 1. The third-order valence-electron chi connectivity index (χ3n) is 3.67. The van der Waals surface area contributed by atoms with Gasteiger partial charge < -0.3 is 0 Å². The van der Waals surface area contributed by atoms with E-state index in [9.17, 15) is 0 Å². The van der Waals surface area contributed by atoms with Crippen LogP contribution in [0.25, 0.3) is 0 Å². The minimum atomic E-state index is 0.320. The van der Waals surface area contributed by atoms with Crippen LogP contribution in [0.4, 0.5) is 5.69 Å². The van der Waals surface area contributed by atoms with Crippen LogP contribution in [0.15, 0.2) is 42.0 Å². The first-order chi connectivity index (χ1) is 8.34. The lowest BCUT2D eigenvalue weighted by Crippen LogP contribution is -2.42. The second kappa shape index (κ2) is 4.53. The molecule has 1 aromatic carbocycles. The van der Waals surface area contributed by atoms with E-state index in [0.717, 1.165) is 5.69 Å². The summed E-state index contributed by atoms with van der Waals surface area (Å²) in [7, 11) is 0. The number of hydrogen-bond acceptors (Lipinski definition) is 2. The van der Waals surface area contributed by atoms with Crippen LogP contribution in [0.2, 0.25) is 0 Å². The first-order valence-corrected chi connectivity index (χ1v) is 6.56. The van der Waals surface area contributed by atoms with Crippen molar-refractivity contribution in [2.75, 3.05) is 5.06 Å². The molecule has 2 atom stereocenters. The van der Waals surface area contributed by atoms with Gasteiger partial charge in [-0.3, -0.25) is 4.84 Å². The first kappa shape index (κ1) is 10.8. The molecule has 0 spiro atoms. The average molecular weight is 229 g/mol. The Kier molecular flexibility index (Phi) is 2.89. The van der Waals surface area contributed by atoms with Gasteiger partial charge >= 0.3 is 0 Å². The molecule has 0 radical (unpaired) electrons. The van der Waals surface area contributed by atoms with Gasteiger partial charge in [-0.15, -0.1) is 0 Å². The maximum atomic E-state index is 6.15. The summed E-state index contributed by atoms with van der Waals surface area (Å²) in [6, 6.07) is 10.7. The quantitative estimate of drug-likeness (QED) is 0.681. The van der Waals surface area contributed by atoms with Gasteiger partial charge in [0.15, 0.2) is 0 Å². The molecule has 1 heterocycles. The van der Waals surface area contributed by atoms with E-state index in [1.165, 1.54) is 31.3 Å². The Hall–Kier alpha value is -1.28. The van der Waals surface area contributed by atoms with E-state index in [2.05, 4.69) is 42.3 Å². The Morgan fingerprint density at radius 1 is 1.18 bits per heavy atom. The van der Waals surface area contributed by atoms with Crippen LogP contribution < -0.4 is 5.06 Å². The molecular weight excluding hydrogens is 210 g/mol. The molecule has 1 saturated carbocycles. The van der Waals surface area contributed by atoms with E-state index < -0.39 is 0 Å². The lowest BCUT2D eigenvalue weighted by molar-refractivity contribution is 0.0211. The zero-order valence-corrected chi connectivity index (χ0v) is 10.3. The first-order valence-electron chi connectivity index (χ1n) is 6.56. The minimum absolute atomic E-state index is 0.320. The van der Waals surface area contributed by atoms with Crippen molar-refractivity contribution in [1.29, 1.82) is 0 Å². The lowest BCUT2D eigenvalue weighted by Gasteiger charge is -2.40. The summed E-state index contributed by atoms with van der Waals surface area (Å²) in [6.45, 7) is 2.20. The molecule has 1 fully saturated rings. The SMILES string of the molecule is C[C@H]1C=C2CCCC[C@H]2ON1c1ccccc1. The Morgan fingerprint density at radius 3 is 2.82 bits per heavy atom. The molecule has 3 rings (SSSR count). The van der Waals surface area contributed by atoms with E-state index in [1.807, 2.05) is 6.07 Å². The van der Waals surface area contributed by atoms with E-state index in [1.54, 1.807) is 0 Å². The minimum Gasteiger partial charge on any atom is -0.265 e. The second-order valence-electron chi connectivity index (χ2n) is 4.98. The smallest absolute Gasteiger partial charge is 0.107 e. The predicted octanol–water partition coefficient (Wildman–Crippen LogP) is 3.70. The van der Waals surface area contributed by atoms with E-state index in [4.69, 9.17) is 4.84 Å². The number of hydroxylamine groups is 1. The number of nitrogens with zero attached hydrogens (tertiary/aromatic N) is 1. The van der Waals surface area contributed by atoms with Gasteiger partial charge in [-0.1, -0.05) is 30.7 Å². The molecule has 0 unspecified atom stereocenters. The summed E-state index contributed by atoms with van der Waals surface area (Å²) in [5.74, 6) is 0. The van der Waals surface area contributed by atoms with E-state index in [0.29, 0.717) is 12.1 Å². The predicted molar refractivity (Wildman–Crippen MR) is 69.8 cm³/mol. The van der Waals surface area contributed by atoms with Gasteiger partial charge in [0.05, 0.1) is 11.7 Å². The van der Waals surface area contributed by atoms with Crippen molar-refractivity contribution in [3.8, 4) is 0 Å². The molecule has 2 heteroatoms. The standard InChI is InChI=1S/C15H19NO/c1-12-11-13-7-5-6-10-15(13)17-16(12)14-8-3-2-4-9-14/h2-4,8-9,11-12,15H,5-7,10H2,1H3/t12-,15+/m0/s1. The third-order valence-corrected chi connectivity index (χ3v) is 3.67. The summed E-state index contributed by atoms with van der Waals surface area (Å²) in [4.78, 5) is 6.15. The molecule has 0 amide bonds. The van der Waals surface area contributed by atoms with Gasteiger partial charge in [-0.05, 0) is 43.9 Å². The highest BCUT2D eigenvalue weighted by atomic mass is 16.7. The highest BCUT2D eigenvalue weighted by Crippen LogP contribution is 2.33. The van der Waals surface area contributed by atoms with Crippen LogP contribution >= 0.6 is 0 Å². The zero-order chi connectivity index (χ0) is 11.7. The van der Waals surface area contributed by atoms with Gasteiger partial charge in [0, 0.05) is 0 Å². The van der Waals surface area contributed by atoms with Crippen molar-refractivity contribution < 1.29 is 4.84 Å². The fraction of sp³-hybridized carbons (Fsp3) is 0.467. The van der Waals surface area contributed by atoms with Crippen molar-refractivity contribution >= 4 is 5.69 Å². The molecule has 17 heavy (non-hydrogen) atoms. The maximum absolute atomic E-state index is 6.15. The Balaban J connectivity index is 1.86. The van der Waals surface area contributed by atoms with Gasteiger partial charge in [0.1, 0.15) is 6.10 Å². The Bertz CT molecular complexity index is 412. The fourth-order valence-electron chi connectivity index (χ4n) is 2.80. The highest BCUT2D eigenvalue weighted by molar-refractivity contribution is 5.46. The highest BCUT2D eigenvalue weighted by Gasteiger charge is 2.29. The molecule has 0 N–H and O–H groups in total. The molecular formula is C15H19NO. The van der Waals surface area contributed by atoms with Gasteiger partial charge in [-0.25, -0.2) is 5.06 Å². The van der Waals surface area contributed by atoms with Crippen molar-refractivity contribution in [3.05, 3.63) is 42.0 Å². The molecule has 1 aliphatic heterocycles. The maximum Gasteiger partial charge on any atom is 0.107 e. The summed E-state index contributed by atoms with van der Waals surface area (Å²) >= 11 is 0. The number of fused-ring (bicyclic) bond motifs is 1. The van der Waals surface area contributed by atoms with E-state index in [-0.39, 0.29) is 0 Å². The van der Waals surface area contributed by atoms with Crippen LogP contribution in [0.5, 0.6) is 0 Å². The number of hydrogen-bond donors (Lipinski definition) is 0. The van der Waals surface area contributed by atoms with Gasteiger partial charge in [-0.2, -0.15) is 0 Å². The molecule has 90 valence electrons. The summed E-state index contributed by atoms with van der Waals surface area (Å²) < 4.78 is 0. The van der Waals surface area contributed by atoms with Crippen molar-refractivity contribution in [2.24, 2.45) is 0 Å². The molecule has 1 aliphatic carbocycles. The Morgan fingerprint density at radius 2 is 2.00 bits per heavy atom.